The third-order valence-corrected chi connectivity index (χ3v) is 5.47. The fraction of sp³-hybridized carbons (Fsp3) is 0.609. The second-order valence-corrected chi connectivity index (χ2v) is 9.11. The Hall–Kier alpha value is -1.81. The lowest BCUT2D eigenvalue weighted by Gasteiger charge is -2.30. The molecule has 0 saturated heterocycles. The Bertz CT molecular complexity index is 655. The summed E-state index contributed by atoms with van der Waals surface area (Å²) in [5, 5.41) is 6.86. The lowest BCUT2D eigenvalue weighted by Crippen LogP contribution is -2.44. The van der Waals surface area contributed by atoms with Gasteiger partial charge in [0.1, 0.15) is 5.60 Å². The van der Waals surface area contributed by atoms with Crippen LogP contribution in [0.15, 0.2) is 35.9 Å². The van der Waals surface area contributed by atoms with Crippen LogP contribution in [0, 0.1) is 5.92 Å². The zero-order chi connectivity index (χ0) is 19.4. The van der Waals surface area contributed by atoms with Gasteiger partial charge in [0, 0.05) is 18.1 Å². The third-order valence-electron chi connectivity index (χ3n) is 5.47. The van der Waals surface area contributed by atoms with E-state index < -0.39 is 5.60 Å². The van der Waals surface area contributed by atoms with Crippen LogP contribution in [0.2, 0.25) is 0 Å². The molecule has 1 aromatic carbocycles. The van der Waals surface area contributed by atoms with E-state index in [9.17, 15) is 4.79 Å². The molecular weight excluding hydrogens is 336 g/mol. The summed E-state index contributed by atoms with van der Waals surface area (Å²) in [5.74, 6) is 0.669. The van der Waals surface area contributed by atoms with Gasteiger partial charge in [-0.15, -0.1) is 0 Å². The van der Waals surface area contributed by atoms with Crippen LogP contribution < -0.4 is 10.6 Å². The average Bonchev–Trinajstić information content (AvgIpc) is 3.35. The van der Waals surface area contributed by atoms with Crippen LogP contribution in [0.1, 0.15) is 65.4 Å². The van der Waals surface area contributed by atoms with Crippen molar-refractivity contribution in [3.8, 4) is 0 Å². The number of nitrogens with one attached hydrogen (secondary N) is 2. The Morgan fingerprint density at radius 1 is 1.07 bits per heavy atom. The van der Waals surface area contributed by atoms with E-state index in [0.29, 0.717) is 18.0 Å². The van der Waals surface area contributed by atoms with Gasteiger partial charge in [0.05, 0.1) is 0 Å². The number of hydrogen-bond acceptors (Lipinski definition) is 3. The van der Waals surface area contributed by atoms with E-state index >= 15 is 0 Å². The van der Waals surface area contributed by atoms with Gasteiger partial charge in [-0.2, -0.15) is 0 Å². The SMILES string of the molecule is C/C(=C\c1ccccc1)[C@@H]1C[C@H]1N[C@H]1CC[C@H](NC(=O)OC(C)(C)C)CC1. The Morgan fingerprint density at radius 2 is 1.70 bits per heavy atom. The van der Waals surface area contributed by atoms with Crippen molar-refractivity contribution in [2.75, 3.05) is 0 Å². The van der Waals surface area contributed by atoms with Crippen LogP contribution in [0.5, 0.6) is 0 Å². The van der Waals surface area contributed by atoms with Crippen molar-refractivity contribution >= 4 is 12.2 Å². The number of rotatable bonds is 5. The highest BCUT2D eigenvalue weighted by Crippen LogP contribution is 2.39. The van der Waals surface area contributed by atoms with Gasteiger partial charge in [-0.1, -0.05) is 42.0 Å². The van der Waals surface area contributed by atoms with Gasteiger partial charge < -0.3 is 15.4 Å². The second-order valence-electron chi connectivity index (χ2n) is 9.11. The van der Waals surface area contributed by atoms with Crippen molar-refractivity contribution in [2.24, 2.45) is 5.92 Å². The van der Waals surface area contributed by atoms with Crippen molar-refractivity contribution in [2.45, 2.75) is 83.5 Å². The summed E-state index contributed by atoms with van der Waals surface area (Å²) < 4.78 is 5.36. The first-order chi connectivity index (χ1) is 12.8. The van der Waals surface area contributed by atoms with Gasteiger partial charge in [0.2, 0.25) is 0 Å². The number of carbonyl (C=O) groups excluding carboxylic acids is 1. The Kier molecular flexibility index (Phi) is 6.25. The molecule has 2 atom stereocenters. The topological polar surface area (TPSA) is 50.4 Å². The maximum absolute atomic E-state index is 11.9. The molecule has 2 N–H and O–H groups in total. The van der Waals surface area contributed by atoms with Crippen LogP contribution in [0.4, 0.5) is 4.79 Å². The van der Waals surface area contributed by atoms with E-state index in [1.54, 1.807) is 0 Å². The largest absolute Gasteiger partial charge is 0.444 e. The van der Waals surface area contributed by atoms with Gasteiger partial charge in [-0.05, 0) is 71.3 Å². The van der Waals surface area contributed by atoms with Crippen LogP contribution in [-0.2, 0) is 4.74 Å². The molecule has 0 bridgehead atoms. The van der Waals surface area contributed by atoms with E-state index in [2.05, 4.69) is 54.0 Å². The zero-order valence-corrected chi connectivity index (χ0v) is 17.1. The molecule has 1 amide bonds. The van der Waals surface area contributed by atoms with E-state index in [1.165, 1.54) is 17.6 Å². The predicted molar refractivity (Wildman–Crippen MR) is 111 cm³/mol. The molecule has 148 valence electrons. The van der Waals surface area contributed by atoms with E-state index in [0.717, 1.165) is 25.7 Å². The average molecular weight is 371 g/mol. The van der Waals surface area contributed by atoms with Crippen LogP contribution in [0.3, 0.4) is 0 Å². The summed E-state index contributed by atoms with van der Waals surface area (Å²) in [6.45, 7) is 7.94. The fourth-order valence-corrected chi connectivity index (χ4v) is 3.98. The predicted octanol–water partition coefficient (Wildman–Crippen LogP) is 4.90. The molecule has 0 aliphatic heterocycles. The minimum Gasteiger partial charge on any atom is -0.444 e. The minimum atomic E-state index is -0.436. The molecule has 0 heterocycles. The van der Waals surface area contributed by atoms with Crippen molar-refractivity contribution < 1.29 is 9.53 Å². The maximum atomic E-state index is 11.9. The van der Waals surface area contributed by atoms with Crippen molar-refractivity contribution in [3.05, 3.63) is 41.5 Å². The summed E-state index contributed by atoms with van der Waals surface area (Å²) in [4.78, 5) is 11.9. The van der Waals surface area contributed by atoms with Crippen molar-refractivity contribution in [1.29, 1.82) is 0 Å². The van der Waals surface area contributed by atoms with Gasteiger partial charge in [0.15, 0.2) is 0 Å². The van der Waals surface area contributed by atoms with Crippen LogP contribution in [0.25, 0.3) is 6.08 Å². The van der Waals surface area contributed by atoms with Gasteiger partial charge in [0.25, 0.3) is 0 Å². The number of hydrogen-bond donors (Lipinski definition) is 2. The molecule has 27 heavy (non-hydrogen) atoms. The molecule has 4 heteroatoms. The minimum absolute atomic E-state index is 0.243. The molecule has 0 unspecified atom stereocenters. The lowest BCUT2D eigenvalue weighted by atomic mass is 9.91. The van der Waals surface area contributed by atoms with Gasteiger partial charge in [-0.25, -0.2) is 4.79 Å². The number of ether oxygens (including phenoxy) is 1. The summed E-state index contributed by atoms with van der Waals surface area (Å²) >= 11 is 0. The molecule has 2 saturated carbocycles. The van der Waals surface area contributed by atoms with Gasteiger partial charge in [-0.3, -0.25) is 0 Å². The molecule has 2 fully saturated rings. The molecule has 0 radical (unpaired) electrons. The fourth-order valence-electron chi connectivity index (χ4n) is 3.98. The zero-order valence-electron chi connectivity index (χ0n) is 17.1. The van der Waals surface area contributed by atoms with Gasteiger partial charge >= 0.3 is 6.09 Å². The molecule has 0 spiro atoms. The Labute approximate surface area is 163 Å². The molecule has 1 aromatic rings. The Balaban J connectivity index is 1.38. The first-order valence-corrected chi connectivity index (χ1v) is 10.3. The molecule has 2 aliphatic carbocycles. The summed E-state index contributed by atoms with van der Waals surface area (Å²) in [6, 6.07) is 12.0. The van der Waals surface area contributed by atoms with Crippen molar-refractivity contribution in [1.82, 2.24) is 10.6 Å². The normalized spacial score (nSPS) is 28.5. The number of benzene rings is 1. The van der Waals surface area contributed by atoms with Crippen LogP contribution >= 0.6 is 0 Å². The highest BCUT2D eigenvalue weighted by atomic mass is 16.6. The molecule has 0 aromatic heterocycles. The highest BCUT2D eigenvalue weighted by Gasteiger charge is 2.39. The number of carbonyl (C=O) groups is 1. The number of amides is 1. The standard InChI is InChI=1S/C23H34N2O2/c1-16(14-17-8-6-5-7-9-17)20-15-21(20)24-18-10-12-19(13-11-18)25-22(26)27-23(2,3)4/h5-9,14,18-21,24H,10-13,15H2,1-4H3,(H,25,26)/b16-14+/t18-,19-,20-,21+/m0/s1. The summed E-state index contributed by atoms with van der Waals surface area (Å²) in [6.07, 6.45) is 7.54. The molecule has 3 rings (SSSR count). The summed E-state index contributed by atoms with van der Waals surface area (Å²) in [7, 11) is 0. The first kappa shape index (κ1) is 19.9. The molecule has 2 aliphatic rings. The lowest BCUT2D eigenvalue weighted by molar-refractivity contribution is 0.0489. The molecule has 4 nitrogen and oxygen atoms in total. The number of alkyl carbamates (subject to hydrolysis) is 1. The monoisotopic (exact) mass is 370 g/mol. The maximum Gasteiger partial charge on any atom is 0.407 e. The summed E-state index contributed by atoms with van der Waals surface area (Å²) in [5.41, 5.74) is 2.32. The first-order valence-electron chi connectivity index (χ1n) is 10.3. The van der Waals surface area contributed by atoms with Crippen molar-refractivity contribution in [3.63, 3.8) is 0 Å². The second kappa shape index (κ2) is 8.47. The Morgan fingerprint density at radius 3 is 2.33 bits per heavy atom. The van der Waals surface area contributed by atoms with E-state index in [1.807, 2.05) is 20.8 Å². The quantitative estimate of drug-likeness (QED) is 0.775. The van der Waals surface area contributed by atoms with E-state index in [4.69, 9.17) is 4.74 Å². The third kappa shape index (κ3) is 6.39. The highest BCUT2D eigenvalue weighted by molar-refractivity contribution is 5.68. The van der Waals surface area contributed by atoms with E-state index in [-0.39, 0.29) is 12.1 Å². The smallest absolute Gasteiger partial charge is 0.407 e. The molecular formula is C23H34N2O2. The van der Waals surface area contributed by atoms with Crippen LogP contribution in [-0.4, -0.2) is 29.8 Å².